The summed E-state index contributed by atoms with van der Waals surface area (Å²) in [6.45, 7) is 15.3. The number of carbonyl (C=O) groups excluding carboxylic acids is 4. The van der Waals surface area contributed by atoms with E-state index in [1.54, 1.807) is 0 Å². The molecule has 0 unspecified atom stereocenters. The van der Waals surface area contributed by atoms with Crippen molar-refractivity contribution >= 4 is 24.2 Å². The van der Waals surface area contributed by atoms with E-state index < -0.39 is 0 Å². The number of hydrogen-bond acceptors (Lipinski definition) is 8. The summed E-state index contributed by atoms with van der Waals surface area (Å²) >= 11 is 0. The van der Waals surface area contributed by atoms with E-state index in [0.717, 1.165) is 44.9 Å². The molecule has 11 nitrogen and oxygen atoms in total. The summed E-state index contributed by atoms with van der Waals surface area (Å²) in [5.41, 5.74) is 0. The second kappa shape index (κ2) is 42.8. The second-order valence-corrected chi connectivity index (χ2v) is 15.7. The van der Waals surface area contributed by atoms with E-state index in [2.05, 4.69) is 43.3 Å². The van der Waals surface area contributed by atoms with Crippen molar-refractivity contribution in [1.29, 1.82) is 0 Å². The highest BCUT2D eigenvalue weighted by Crippen LogP contribution is 2.12. The van der Waals surface area contributed by atoms with Gasteiger partial charge in [0.2, 0.25) is 11.8 Å². The zero-order chi connectivity index (χ0) is 41.9. The first-order valence-corrected chi connectivity index (χ1v) is 23.5. The molecule has 0 aromatic carbocycles. The Balaban J connectivity index is 4.37. The monoisotopic (exact) mass is 808 g/mol. The van der Waals surface area contributed by atoms with Crippen LogP contribution in [0.25, 0.3) is 0 Å². The molecule has 334 valence electrons. The van der Waals surface area contributed by atoms with E-state index in [9.17, 15) is 19.2 Å². The number of nitrogens with one attached hydrogen (secondary N) is 3. The molecule has 0 atom stereocenters. The number of unbranched alkanes of at least 4 members (excludes halogenated alkanes) is 21. The summed E-state index contributed by atoms with van der Waals surface area (Å²) in [6.07, 6.45) is 31.0. The average Bonchev–Trinajstić information content (AvgIpc) is 3.21. The van der Waals surface area contributed by atoms with E-state index in [1.165, 1.54) is 122 Å². The molecule has 57 heavy (non-hydrogen) atoms. The van der Waals surface area contributed by atoms with Crippen molar-refractivity contribution in [3.63, 3.8) is 0 Å². The van der Waals surface area contributed by atoms with Crippen LogP contribution in [-0.2, 0) is 23.9 Å². The van der Waals surface area contributed by atoms with Crippen molar-refractivity contribution in [3.05, 3.63) is 12.5 Å². The Morgan fingerprint density at radius 2 is 0.895 bits per heavy atom. The van der Waals surface area contributed by atoms with Crippen LogP contribution in [-0.4, -0.2) is 99.6 Å². The van der Waals surface area contributed by atoms with Crippen molar-refractivity contribution in [2.45, 2.75) is 194 Å². The molecule has 11 heteroatoms. The summed E-state index contributed by atoms with van der Waals surface area (Å²) < 4.78 is 11.2. The average molecular weight is 808 g/mol. The van der Waals surface area contributed by atoms with Gasteiger partial charge in [0, 0.05) is 58.5 Å². The zero-order valence-corrected chi connectivity index (χ0v) is 37.3. The number of hydrogen-bond donors (Lipinski definition) is 3. The van der Waals surface area contributed by atoms with Gasteiger partial charge in [-0.2, -0.15) is 0 Å². The van der Waals surface area contributed by atoms with E-state index >= 15 is 0 Å². The van der Waals surface area contributed by atoms with Crippen LogP contribution >= 0.6 is 0 Å². The molecule has 3 amide bonds. The Hall–Kier alpha value is -2.82. The summed E-state index contributed by atoms with van der Waals surface area (Å²) in [4.78, 5) is 53.0. The third-order valence-corrected chi connectivity index (χ3v) is 10.4. The Bertz CT molecular complexity index is 948. The highest BCUT2D eigenvalue weighted by Gasteiger charge is 2.15. The molecule has 0 saturated heterocycles. The van der Waals surface area contributed by atoms with Crippen LogP contribution in [0.15, 0.2) is 12.5 Å². The van der Waals surface area contributed by atoms with Crippen LogP contribution in [0.2, 0.25) is 0 Å². The van der Waals surface area contributed by atoms with Gasteiger partial charge in [0.1, 0.15) is 19.5 Å². The van der Waals surface area contributed by atoms with Gasteiger partial charge >= 0.3 is 6.09 Å². The first kappa shape index (κ1) is 54.2. The van der Waals surface area contributed by atoms with Gasteiger partial charge in [0.15, 0.2) is 5.88 Å². The number of amides is 3. The van der Waals surface area contributed by atoms with Gasteiger partial charge in [-0.05, 0) is 25.8 Å². The molecule has 0 fully saturated rings. The molecule has 0 radical (unpaired) electrons. The van der Waals surface area contributed by atoms with Crippen molar-refractivity contribution in [3.8, 4) is 0 Å². The molecule has 0 aliphatic rings. The Morgan fingerprint density at radius 3 is 1.33 bits per heavy atom. The molecule has 0 bridgehead atoms. The van der Waals surface area contributed by atoms with Gasteiger partial charge in [-0.3, -0.25) is 9.59 Å². The van der Waals surface area contributed by atoms with Gasteiger partial charge in [-0.25, -0.2) is 4.79 Å². The highest BCUT2D eigenvalue weighted by atomic mass is 16.6. The fourth-order valence-corrected chi connectivity index (χ4v) is 6.76. The number of carbonyl (C=O) groups is 4. The van der Waals surface area contributed by atoms with Crippen molar-refractivity contribution < 1.29 is 28.7 Å². The lowest BCUT2D eigenvalue weighted by atomic mass is 10.1. The molecular weight excluding hydrogens is 719 g/mol. The van der Waals surface area contributed by atoms with E-state index in [0.29, 0.717) is 58.2 Å². The lowest BCUT2D eigenvalue weighted by Crippen LogP contribution is -2.37. The lowest BCUT2D eigenvalue weighted by molar-refractivity contribution is -0.121. The van der Waals surface area contributed by atoms with Crippen LogP contribution in [0.5, 0.6) is 0 Å². The van der Waals surface area contributed by atoms with Crippen molar-refractivity contribution in [2.75, 3.05) is 65.6 Å². The van der Waals surface area contributed by atoms with E-state index in [-0.39, 0.29) is 43.9 Å². The minimum atomic E-state index is -0.296. The normalized spacial score (nSPS) is 11.0. The standard InChI is InChI=1S/C46H89N5O6/c1-5-8-11-14-17-20-23-26-32-47-43(4)56-41-33-48-44(53)30-38-50(35-29-40-52)39-31-45(54)49-34-42-57-46(55)51(36-27-24-21-18-15-12-9-6-2)37-28-25-22-19-16-13-10-7-3/h40,47H,4-39,41-42H2,1-3H3,(H,48,53)(H,49,54). The van der Waals surface area contributed by atoms with Crippen molar-refractivity contribution in [1.82, 2.24) is 25.8 Å². The fraction of sp³-hybridized carbons (Fsp3) is 0.870. The fourth-order valence-electron chi connectivity index (χ4n) is 6.76. The maximum Gasteiger partial charge on any atom is 0.409 e. The lowest BCUT2D eigenvalue weighted by Gasteiger charge is -2.22. The van der Waals surface area contributed by atoms with Crippen LogP contribution < -0.4 is 16.0 Å². The maximum absolute atomic E-state index is 13.0. The SMILES string of the molecule is C=C(NCCCCCCCCCC)OCCNC(=O)CCN(CCC=O)CCC(=O)NCCOC(=O)N(CCCCCCCCCC)CCCCCCCCCC. The predicted molar refractivity (Wildman–Crippen MR) is 236 cm³/mol. The third kappa shape index (κ3) is 38.5. The number of nitrogens with zero attached hydrogens (tertiary/aromatic N) is 2. The quantitative estimate of drug-likeness (QED) is 0.0315. The number of ether oxygens (including phenoxy) is 2. The first-order valence-electron chi connectivity index (χ1n) is 23.5. The summed E-state index contributed by atoms with van der Waals surface area (Å²) in [5, 5.41) is 8.92. The zero-order valence-electron chi connectivity index (χ0n) is 37.3. The Labute approximate surface area is 350 Å². The van der Waals surface area contributed by atoms with E-state index in [1.807, 2.05) is 9.80 Å². The molecule has 0 saturated carbocycles. The van der Waals surface area contributed by atoms with Gasteiger partial charge in [0.25, 0.3) is 0 Å². The Kier molecular flexibility index (Phi) is 40.7. The molecule has 0 heterocycles. The molecule has 0 aliphatic carbocycles. The molecule has 0 rings (SSSR count). The topological polar surface area (TPSA) is 129 Å². The Morgan fingerprint density at radius 1 is 0.491 bits per heavy atom. The predicted octanol–water partition coefficient (Wildman–Crippen LogP) is 9.83. The highest BCUT2D eigenvalue weighted by molar-refractivity contribution is 5.76. The largest absolute Gasteiger partial charge is 0.478 e. The molecule has 0 aromatic heterocycles. The second-order valence-electron chi connectivity index (χ2n) is 15.7. The molecule has 3 N–H and O–H groups in total. The van der Waals surface area contributed by atoms with Crippen molar-refractivity contribution in [2.24, 2.45) is 0 Å². The van der Waals surface area contributed by atoms with Gasteiger partial charge < -0.3 is 40.0 Å². The van der Waals surface area contributed by atoms with Crippen LogP contribution in [0.3, 0.4) is 0 Å². The number of rotatable bonds is 44. The summed E-state index contributed by atoms with van der Waals surface area (Å²) in [7, 11) is 0. The number of aldehydes is 1. The molecule has 0 spiro atoms. The van der Waals surface area contributed by atoms with Crippen LogP contribution in [0.4, 0.5) is 4.79 Å². The van der Waals surface area contributed by atoms with Gasteiger partial charge in [-0.1, -0.05) is 156 Å². The third-order valence-electron chi connectivity index (χ3n) is 10.4. The van der Waals surface area contributed by atoms with E-state index in [4.69, 9.17) is 9.47 Å². The summed E-state index contributed by atoms with van der Waals surface area (Å²) in [5.74, 6) is 0.251. The van der Waals surface area contributed by atoms with Crippen LogP contribution in [0.1, 0.15) is 194 Å². The molecule has 0 aliphatic heterocycles. The minimum Gasteiger partial charge on any atom is -0.478 e. The maximum atomic E-state index is 13.0. The van der Waals surface area contributed by atoms with Gasteiger partial charge in [-0.15, -0.1) is 0 Å². The van der Waals surface area contributed by atoms with Crippen LogP contribution in [0, 0.1) is 0 Å². The molecule has 0 aromatic rings. The molecular formula is C46H89N5O6. The minimum absolute atomic E-state index is 0.114. The summed E-state index contributed by atoms with van der Waals surface area (Å²) in [6, 6.07) is 0. The first-order chi connectivity index (χ1) is 27.9. The smallest absolute Gasteiger partial charge is 0.409 e. The van der Waals surface area contributed by atoms with Gasteiger partial charge in [0.05, 0.1) is 13.1 Å².